The van der Waals surface area contributed by atoms with Crippen molar-refractivity contribution in [2.45, 2.75) is 32.0 Å². The standard InChI is InChI=1S/C23H22F3N5O4/c1-5-35-22(33)18-19(34-4)21(32)30(3)20(29-18)13(2)17(16-9-7-6-8-14(16)10-27)15-11-28-31(12-15)23(24,25)26/h6-9,11-13,17H,5H2,1-4H3. The predicted molar refractivity (Wildman–Crippen MR) is 117 cm³/mol. The van der Waals surface area contributed by atoms with Crippen molar-refractivity contribution >= 4 is 5.97 Å². The number of hydrogen-bond donors (Lipinski definition) is 0. The highest BCUT2D eigenvalue weighted by atomic mass is 19.4. The molecule has 0 aliphatic carbocycles. The van der Waals surface area contributed by atoms with E-state index in [4.69, 9.17) is 9.47 Å². The number of ether oxygens (including phenoxy) is 2. The van der Waals surface area contributed by atoms with Gasteiger partial charge in [0.05, 0.1) is 31.5 Å². The van der Waals surface area contributed by atoms with Crippen molar-refractivity contribution < 1.29 is 27.4 Å². The van der Waals surface area contributed by atoms with Crippen molar-refractivity contribution in [3.8, 4) is 11.8 Å². The Kier molecular flexibility index (Phi) is 7.28. The highest BCUT2D eigenvalue weighted by Gasteiger charge is 2.35. The largest absolute Gasteiger partial charge is 0.504 e. The SMILES string of the molecule is CCOC(=O)c1nc(C(C)C(c2cnn(C(F)(F)F)c2)c2ccccc2C#N)n(C)c(=O)c1OC. The molecule has 0 N–H and O–H groups in total. The second-order valence-corrected chi connectivity index (χ2v) is 7.59. The average molecular weight is 489 g/mol. The van der Waals surface area contributed by atoms with Gasteiger partial charge in [0.25, 0.3) is 5.56 Å². The summed E-state index contributed by atoms with van der Waals surface area (Å²) in [6.07, 6.45) is -2.87. The molecular weight excluding hydrogens is 467 g/mol. The van der Waals surface area contributed by atoms with Crippen LogP contribution in [0, 0.1) is 11.3 Å². The number of hydrogen-bond acceptors (Lipinski definition) is 7. The van der Waals surface area contributed by atoms with Gasteiger partial charge in [0.2, 0.25) is 5.75 Å². The number of esters is 1. The van der Waals surface area contributed by atoms with E-state index in [1.54, 1.807) is 32.0 Å². The van der Waals surface area contributed by atoms with E-state index in [-0.39, 0.29) is 39.7 Å². The smallest absolute Gasteiger partial charge is 0.489 e. The fraction of sp³-hybridized carbons (Fsp3) is 0.348. The van der Waals surface area contributed by atoms with Crippen molar-refractivity contribution in [3.05, 3.63) is 75.2 Å². The van der Waals surface area contributed by atoms with Crippen LogP contribution in [0.5, 0.6) is 5.75 Å². The number of rotatable bonds is 7. The topological polar surface area (TPSA) is 112 Å². The van der Waals surface area contributed by atoms with E-state index in [0.717, 1.165) is 17.0 Å². The molecule has 0 radical (unpaired) electrons. The van der Waals surface area contributed by atoms with Crippen LogP contribution >= 0.6 is 0 Å². The molecule has 9 nitrogen and oxygen atoms in total. The van der Waals surface area contributed by atoms with Crippen molar-refractivity contribution in [2.75, 3.05) is 13.7 Å². The monoisotopic (exact) mass is 489 g/mol. The van der Waals surface area contributed by atoms with E-state index in [9.17, 15) is 28.0 Å². The van der Waals surface area contributed by atoms with Crippen molar-refractivity contribution in [2.24, 2.45) is 7.05 Å². The third kappa shape index (κ3) is 4.89. The van der Waals surface area contributed by atoms with E-state index in [1.807, 2.05) is 6.07 Å². The zero-order valence-corrected chi connectivity index (χ0v) is 19.3. The van der Waals surface area contributed by atoms with Crippen LogP contribution < -0.4 is 10.3 Å². The molecule has 2 unspecified atom stereocenters. The van der Waals surface area contributed by atoms with Crippen LogP contribution in [-0.4, -0.2) is 39.0 Å². The molecule has 2 atom stereocenters. The molecule has 0 fully saturated rings. The van der Waals surface area contributed by atoms with Gasteiger partial charge in [-0.05, 0) is 24.1 Å². The molecule has 0 saturated carbocycles. The zero-order valence-electron chi connectivity index (χ0n) is 19.3. The van der Waals surface area contributed by atoms with Gasteiger partial charge in [-0.3, -0.25) is 9.36 Å². The molecule has 2 aromatic heterocycles. The number of benzene rings is 1. The summed E-state index contributed by atoms with van der Waals surface area (Å²) in [6, 6.07) is 8.47. The first-order valence-electron chi connectivity index (χ1n) is 10.5. The molecule has 3 rings (SSSR count). The molecule has 2 heterocycles. The summed E-state index contributed by atoms with van der Waals surface area (Å²) in [4.78, 5) is 29.8. The number of alkyl halides is 3. The van der Waals surface area contributed by atoms with Gasteiger partial charge in [-0.1, -0.05) is 25.1 Å². The third-order valence-corrected chi connectivity index (χ3v) is 5.50. The third-order valence-electron chi connectivity index (χ3n) is 5.50. The first-order chi connectivity index (χ1) is 16.5. The van der Waals surface area contributed by atoms with Crippen LogP contribution in [0.15, 0.2) is 41.5 Å². The summed E-state index contributed by atoms with van der Waals surface area (Å²) in [5.41, 5.74) is -0.246. The quantitative estimate of drug-likeness (QED) is 0.467. The van der Waals surface area contributed by atoms with Crippen molar-refractivity contribution in [3.63, 3.8) is 0 Å². The van der Waals surface area contributed by atoms with Gasteiger partial charge in [-0.15, -0.1) is 13.2 Å². The summed E-state index contributed by atoms with van der Waals surface area (Å²) in [5.74, 6) is -2.78. The molecule has 3 aromatic rings. The summed E-state index contributed by atoms with van der Waals surface area (Å²) in [7, 11) is 2.62. The van der Waals surface area contributed by atoms with E-state index in [1.165, 1.54) is 20.2 Å². The number of halogens is 3. The minimum atomic E-state index is -4.75. The minimum Gasteiger partial charge on any atom is -0.489 e. The van der Waals surface area contributed by atoms with E-state index in [2.05, 4.69) is 10.1 Å². The maximum absolute atomic E-state index is 13.3. The number of nitrogens with zero attached hydrogens (tertiary/aromatic N) is 5. The van der Waals surface area contributed by atoms with Gasteiger partial charge in [0.1, 0.15) is 5.82 Å². The Morgan fingerprint density at radius 2 is 1.97 bits per heavy atom. The van der Waals surface area contributed by atoms with Crippen molar-refractivity contribution in [1.82, 2.24) is 19.3 Å². The minimum absolute atomic E-state index is 0.0264. The van der Waals surface area contributed by atoms with Gasteiger partial charge in [-0.25, -0.2) is 9.78 Å². The molecule has 35 heavy (non-hydrogen) atoms. The number of nitriles is 1. The van der Waals surface area contributed by atoms with Crippen LogP contribution in [0.25, 0.3) is 0 Å². The van der Waals surface area contributed by atoms with Gasteiger partial charge in [0, 0.05) is 25.1 Å². The molecule has 12 heteroatoms. The molecule has 0 spiro atoms. The first kappa shape index (κ1) is 25.5. The summed E-state index contributed by atoms with van der Waals surface area (Å²) >= 11 is 0. The highest BCUT2D eigenvalue weighted by Crippen LogP contribution is 2.39. The number of aromatic nitrogens is 4. The highest BCUT2D eigenvalue weighted by molar-refractivity contribution is 5.90. The molecule has 0 aliphatic rings. The fourth-order valence-corrected chi connectivity index (χ4v) is 3.92. The second-order valence-electron chi connectivity index (χ2n) is 7.59. The van der Waals surface area contributed by atoms with E-state index >= 15 is 0 Å². The lowest BCUT2D eigenvalue weighted by atomic mass is 9.80. The van der Waals surface area contributed by atoms with Gasteiger partial charge >= 0.3 is 12.3 Å². The Morgan fingerprint density at radius 3 is 2.54 bits per heavy atom. The molecule has 184 valence electrons. The number of carbonyl (C=O) groups excluding carboxylic acids is 1. The number of methoxy groups -OCH3 is 1. The second kappa shape index (κ2) is 10.0. The van der Waals surface area contributed by atoms with Crippen LogP contribution in [0.4, 0.5) is 13.2 Å². The fourth-order valence-electron chi connectivity index (χ4n) is 3.92. The summed E-state index contributed by atoms with van der Waals surface area (Å²) in [6.45, 7) is 3.24. The summed E-state index contributed by atoms with van der Waals surface area (Å²) in [5, 5.41) is 13.1. The van der Waals surface area contributed by atoms with Gasteiger partial charge in [-0.2, -0.15) is 15.0 Å². The van der Waals surface area contributed by atoms with Crippen LogP contribution in [0.3, 0.4) is 0 Å². The van der Waals surface area contributed by atoms with Crippen LogP contribution in [-0.2, 0) is 18.1 Å². The molecule has 0 amide bonds. The zero-order chi connectivity index (χ0) is 25.9. The first-order valence-corrected chi connectivity index (χ1v) is 10.5. The predicted octanol–water partition coefficient (Wildman–Crippen LogP) is 3.45. The Bertz CT molecular complexity index is 1340. The molecule has 1 aromatic carbocycles. The Hall–Kier alpha value is -4.14. The van der Waals surface area contributed by atoms with E-state index < -0.39 is 29.7 Å². The maximum Gasteiger partial charge on any atom is 0.504 e. The number of carbonyl (C=O) groups is 1. The van der Waals surface area contributed by atoms with E-state index in [0.29, 0.717) is 5.56 Å². The lowest BCUT2D eigenvalue weighted by Crippen LogP contribution is -2.30. The Morgan fingerprint density at radius 1 is 1.29 bits per heavy atom. The lowest BCUT2D eigenvalue weighted by Gasteiger charge is -2.26. The lowest BCUT2D eigenvalue weighted by molar-refractivity contribution is -0.212. The summed E-state index contributed by atoms with van der Waals surface area (Å²) < 4.78 is 50.9. The molecule has 0 aliphatic heterocycles. The van der Waals surface area contributed by atoms with Gasteiger partial charge in [0.15, 0.2) is 5.69 Å². The maximum atomic E-state index is 13.3. The molecule has 0 saturated heterocycles. The average Bonchev–Trinajstić information content (AvgIpc) is 3.31. The Labute approximate surface area is 198 Å². The van der Waals surface area contributed by atoms with Crippen LogP contribution in [0.2, 0.25) is 0 Å². The normalized spacial score (nSPS) is 13.1. The Balaban J connectivity index is 2.27. The van der Waals surface area contributed by atoms with Crippen LogP contribution in [0.1, 0.15) is 58.7 Å². The van der Waals surface area contributed by atoms with Gasteiger partial charge < -0.3 is 9.47 Å². The molecule has 0 bridgehead atoms. The van der Waals surface area contributed by atoms with Crippen molar-refractivity contribution in [1.29, 1.82) is 5.26 Å². The molecular formula is C23H22F3N5O4.